The normalized spacial score (nSPS) is 11.4. The van der Waals surface area contributed by atoms with Gasteiger partial charge in [-0.1, -0.05) is 0 Å². The SMILES string of the molecule is Cc1cc(NS(=O)(=O)c2cn[nH]c2)c(C)cc1O. The molecule has 1 aromatic heterocycles. The van der Waals surface area contributed by atoms with Gasteiger partial charge in [0.25, 0.3) is 10.0 Å². The molecule has 0 aliphatic rings. The number of hydrogen-bond acceptors (Lipinski definition) is 4. The maximum absolute atomic E-state index is 12.0. The van der Waals surface area contributed by atoms with Gasteiger partial charge in [0, 0.05) is 6.20 Å². The van der Waals surface area contributed by atoms with Crippen LogP contribution in [-0.4, -0.2) is 23.7 Å². The zero-order valence-electron chi connectivity index (χ0n) is 9.93. The highest BCUT2D eigenvalue weighted by atomic mass is 32.2. The molecular weight excluding hydrogens is 254 g/mol. The Hall–Kier alpha value is -2.02. The standard InChI is InChI=1S/C11H13N3O3S/c1-7-4-11(15)8(2)3-10(7)14-18(16,17)9-5-12-13-6-9/h3-6,14-15H,1-2H3,(H,12,13). The van der Waals surface area contributed by atoms with E-state index in [2.05, 4.69) is 14.9 Å². The van der Waals surface area contributed by atoms with E-state index in [-0.39, 0.29) is 10.6 Å². The van der Waals surface area contributed by atoms with Crippen molar-refractivity contribution in [3.63, 3.8) is 0 Å². The number of nitrogens with one attached hydrogen (secondary N) is 2. The van der Waals surface area contributed by atoms with E-state index in [1.165, 1.54) is 18.5 Å². The summed E-state index contributed by atoms with van der Waals surface area (Å²) < 4.78 is 26.4. The van der Waals surface area contributed by atoms with Crippen molar-refractivity contribution in [2.75, 3.05) is 4.72 Å². The van der Waals surface area contributed by atoms with Crippen molar-refractivity contribution in [2.45, 2.75) is 18.7 Å². The van der Waals surface area contributed by atoms with Crippen molar-refractivity contribution in [3.05, 3.63) is 35.7 Å². The molecule has 96 valence electrons. The maximum atomic E-state index is 12.0. The average molecular weight is 267 g/mol. The molecule has 2 rings (SSSR count). The van der Waals surface area contributed by atoms with Crippen LogP contribution in [0.5, 0.6) is 5.75 Å². The minimum Gasteiger partial charge on any atom is -0.508 e. The molecule has 2 aromatic rings. The first-order valence-corrected chi connectivity index (χ1v) is 6.70. The summed E-state index contributed by atoms with van der Waals surface area (Å²) in [7, 11) is -3.65. The van der Waals surface area contributed by atoms with Crippen LogP contribution in [0.4, 0.5) is 5.69 Å². The van der Waals surface area contributed by atoms with E-state index >= 15 is 0 Å². The highest BCUT2D eigenvalue weighted by Crippen LogP contribution is 2.26. The molecule has 18 heavy (non-hydrogen) atoms. The lowest BCUT2D eigenvalue weighted by Crippen LogP contribution is -2.13. The number of aryl methyl sites for hydroxylation is 2. The summed E-state index contributed by atoms with van der Waals surface area (Å²) in [5.41, 5.74) is 1.68. The fraction of sp³-hybridized carbons (Fsp3) is 0.182. The molecule has 1 heterocycles. The summed E-state index contributed by atoms with van der Waals surface area (Å²) in [6.45, 7) is 3.41. The van der Waals surface area contributed by atoms with E-state index in [1.807, 2.05) is 0 Å². The van der Waals surface area contributed by atoms with Gasteiger partial charge in [-0.05, 0) is 37.1 Å². The molecule has 0 aliphatic carbocycles. The van der Waals surface area contributed by atoms with E-state index < -0.39 is 10.0 Å². The number of aromatic hydroxyl groups is 1. The Bertz CT molecular complexity index is 663. The number of phenols is 1. The topological polar surface area (TPSA) is 95.1 Å². The zero-order valence-corrected chi connectivity index (χ0v) is 10.7. The van der Waals surface area contributed by atoms with Crippen molar-refractivity contribution in [2.24, 2.45) is 0 Å². The van der Waals surface area contributed by atoms with Crippen LogP contribution in [0.2, 0.25) is 0 Å². The molecule has 0 saturated carbocycles. The second kappa shape index (κ2) is 4.34. The number of benzene rings is 1. The molecule has 3 N–H and O–H groups in total. The highest BCUT2D eigenvalue weighted by Gasteiger charge is 2.16. The first kappa shape index (κ1) is 12.4. The molecule has 6 nitrogen and oxygen atoms in total. The first-order chi connectivity index (χ1) is 8.40. The number of sulfonamides is 1. The van der Waals surface area contributed by atoms with E-state index in [9.17, 15) is 13.5 Å². The molecule has 0 radical (unpaired) electrons. The second-order valence-electron chi connectivity index (χ2n) is 3.99. The van der Waals surface area contributed by atoms with Crippen LogP contribution in [0, 0.1) is 13.8 Å². The molecule has 0 amide bonds. The molecule has 0 atom stereocenters. The number of anilines is 1. The zero-order chi connectivity index (χ0) is 13.3. The number of rotatable bonds is 3. The molecule has 0 spiro atoms. The predicted molar refractivity (Wildman–Crippen MR) is 67.0 cm³/mol. The molecule has 0 bridgehead atoms. The number of aromatic nitrogens is 2. The minimum absolute atomic E-state index is 0.0626. The van der Waals surface area contributed by atoms with Crippen molar-refractivity contribution in [1.82, 2.24) is 10.2 Å². The van der Waals surface area contributed by atoms with Crippen LogP contribution >= 0.6 is 0 Å². The number of hydrogen-bond donors (Lipinski definition) is 3. The van der Waals surface area contributed by atoms with Crippen molar-refractivity contribution < 1.29 is 13.5 Å². The van der Waals surface area contributed by atoms with Gasteiger partial charge < -0.3 is 5.11 Å². The average Bonchev–Trinajstić information content (AvgIpc) is 2.79. The first-order valence-electron chi connectivity index (χ1n) is 5.22. The lowest BCUT2D eigenvalue weighted by Gasteiger charge is -2.11. The Morgan fingerprint density at radius 1 is 1.28 bits per heavy atom. The van der Waals surface area contributed by atoms with Gasteiger partial charge in [0.2, 0.25) is 0 Å². The molecule has 1 aromatic carbocycles. The van der Waals surface area contributed by atoms with Gasteiger partial charge in [0.1, 0.15) is 10.6 Å². The molecule has 0 aliphatic heterocycles. The summed E-state index contributed by atoms with van der Waals surface area (Å²) in [5, 5.41) is 15.6. The number of H-pyrrole nitrogens is 1. The second-order valence-corrected chi connectivity index (χ2v) is 5.68. The van der Waals surface area contributed by atoms with Crippen LogP contribution < -0.4 is 4.72 Å². The van der Waals surface area contributed by atoms with Gasteiger partial charge in [-0.3, -0.25) is 9.82 Å². The third kappa shape index (κ3) is 2.30. The molecule has 0 saturated heterocycles. The minimum atomic E-state index is -3.65. The van der Waals surface area contributed by atoms with Crippen LogP contribution in [0.3, 0.4) is 0 Å². The van der Waals surface area contributed by atoms with Gasteiger partial charge in [0.05, 0.1) is 11.9 Å². The van der Waals surface area contributed by atoms with Gasteiger partial charge in [-0.15, -0.1) is 0 Å². The lowest BCUT2D eigenvalue weighted by atomic mass is 10.1. The number of nitrogens with zero attached hydrogens (tertiary/aromatic N) is 1. The van der Waals surface area contributed by atoms with Crippen LogP contribution in [0.1, 0.15) is 11.1 Å². The van der Waals surface area contributed by atoms with E-state index in [4.69, 9.17) is 0 Å². The van der Waals surface area contributed by atoms with E-state index in [0.717, 1.165) is 0 Å². The monoisotopic (exact) mass is 267 g/mol. The molecule has 0 fully saturated rings. The Labute approximate surface area is 105 Å². The lowest BCUT2D eigenvalue weighted by molar-refractivity contribution is 0.471. The summed E-state index contributed by atoms with van der Waals surface area (Å²) >= 11 is 0. The third-order valence-corrected chi connectivity index (χ3v) is 3.90. The molecule has 0 unspecified atom stereocenters. The van der Waals surface area contributed by atoms with Crippen molar-refractivity contribution in [1.29, 1.82) is 0 Å². The van der Waals surface area contributed by atoms with Crippen molar-refractivity contribution >= 4 is 15.7 Å². The predicted octanol–water partition coefficient (Wildman–Crippen LogP) is 1.53. The summed E-state index contributed by atoms with van der Waals surface area (Å²) in [5.74, 6) is 0.138. The Morgan fingerprint density at radius 3 is 2.61 bits per heavy atom. The summed E-state index contributed by atoms with van der Waals surface area (Å²) in [4.78, 5) is 0.0626. The molecule has 7 heteroatoms. The van der Waals surface area contributed by atoms with Gasteiger partial charge in [-0.25, -0.2) is 8.42 Å². The summed E-state index contributed by atoms with van der Waals surface area (Å²) in [6, 6.07) is 3.10. The quantitative estimate of drug-likeness (QED) is 0.735. The van der Waals surface area contributed by atoms with Crippen LogP contribution in [0.25, 0.3) is 0 Å². The van der Waals surface area contributed by atoms with Crippen molar-refractivity contribution in [3.8, 4) is 5.75 Å². The third-order valence-electron chi connectivity index (χ3n) is 2.57. The van der Waals surface area contributed by atoms with E-state index in [1.54, 1.807) is 19.9 Å². The fourth-order valence-electron chi connectivity index (χ4n) is 1.50. The largest absolute Gasteiger partial charge is 0.508 e. The van der Waals surface area contributed by atoms with Gasteiger partial charge >= 0.3 is 0 Å². The maximum Gasteiger partial charge on any atom is 0.265 e. The Morgan fingerprint density at radius 2 is 2.00 bits per heavy atom. The Kier molecular flexibility index (Phi) is 3.00. The molecular formula is C11H13N3O3S. The highest BCUT2D eigenvalue weighted by molar-refractivity contribution is 7.92. The van der Waals surface area contributed by atoms with Crippen LogP contribution in [-0.2, 0) is 10.0 Å². The smallest absolute Gasteiger partial charge is 0.265 e. The van der Waals surface area contributed by atoms with Gasteiger partial charge in [0.15, 0.2) is 0 Å². The van der Waals surface area contributed by atoms with Crippen LogP contribution in [0.15, 0.2) is 29.4 Å². The Balaban J connectivity index is 2.39. The number of phenolic OH excluding ortho intramolecular Hbond substituents is 1. The van der Waals surface area contributed by atoms with E-state index in [0.29, 0.717) is 16.8 Å². The van der Waals surface area contributed by atoms with Gasteiger partial charge in [-0.2, -0.15) is 5.10 Å². The summed E-state index contributed by atoms with van der Waals surface area (Å²) in [6.07, 6.45) is 2.52. The number of aromatic amines is 1. The fourth-order valence-corrected chi connectivity index (χ4v) is 2.53.